The average Bonchev–Trinajstić information content (AvgIpc) is 2.84. The smallest absolute Gasteiger partial charge is 0.157 e. The fourth-order valence-electron chi connectivity index (χ4n) is 3.83. The van der Waals surface area contributed by atoms with Crippen LogP contribution in [0.15, 0.2) is 91.0 Å². The minimum atomic E-state index is -0.919. The minimum Gasteiger partial charge on any atom is -0.374 e. The Bertz CT molecular complexity index is 903. The molecule has 0 bridgehead atoms. The third-order valence-electron chi connectivity index (χ3n) is 5.48. The maximum absolute atomic E-state index is 10.4. The summed E-state index contributed by atoms with van der Waals surface area (Å²) < 4.78 is 24.3. The van der Waals surface area contributed by atoms with E-state index in [1.54, 1.807) is 0 Å². The van der Waals surface area contributed by atoms with Crippen LogP contribution in [0.2, 0.25) is 0 Å². The summed E-state index contributed by atoms with van der Waals surface area (Å²) in [5, 5.41) is 10.4. The number of rotatable bonds is 10. The van der Waals surface area contributed by atoms with Crippen molar-refractivity contribution in [3.63, 3.8) is 0 Å². The van der Waals surface area contributed by atoms with Gasteiger partial charge in [-0.1, -0.05) is 91.0 Å². The first-order chi connectivity index (χ1) is 15.8. The number of ether oxygens (including phenoxy) is 4. The first-order valence-electron chi connectivity index (χ1n) is 11.0. The SMILES string of the molecule is O[C@H]1CC(OCc2ccccc2)[C@H](OCc2ccccc2)C(COCc2ccccc2)O1. The molecule has 0 aromatic heterocycles. The Morgan fingerprint density at radius 3 is 1.75 bits per heavy atom. The van der Waals surface area contributed by atoms with E-state index in [-0.39, 0.29) is 12.2 Å². The second-order valence-electron chi connectivity index (χ2n) is 7.96. The number of benzene rings is 3. The molecule has 1 fully saturated rings. The van der Waals surface area contributed by atoms with Crippen molar-refractivity contribution >= 4 is 0 Å². The van der Waals surface area contributed by atoms with Gasteiger partial charge in [-0.05, 0) is 16.7 Å². The molecular formula is C27H30O5. The maximum Gasteiger partial charge on any atom is 0.157 e. The van der Waals surface area contributed by atoms with E-state index in [1.165, 1.54) is 0 Å². The summed E-state index contributed by atoms with van der Waals surface area (Å²) in [7, 11) is 0. The van der Waals surface area contributed by atoms with Gasteiger partial charge in [-0.25, -0.2) is 0 Å². The van der Waals surface area contributed by atoms with Gasteiger partial charge in [-0.15, -0.1) is 0 Å². The van der Waals surface area contributed by atoms with E-state index in [0.717, 1.165) is 16.7 Å². The third kappa shape index (κ3) is 6.73. The zero-order chi connectivity index (χ0) is 22.0. The molecule has 0 radical (unpaired) electrons. The summed E-state index contributed by atoms with van der Waals surface area (Å²) in [5.41, 5.74) is 3.24. The zero-order valence-corrected chi connectivity index (χ0v) is 18.1. The largest absolute Gasteiger partial charge is 0.374 e. The van der Waals surface area contributed by atoms with E-state index in [2.05, 4.69) is 0 Å². The van der Waals surface area contributed by atoms with Crippen molar-refractivity contribution in [2.45, 2.75) is 50.8 Å². The predicted molar refractivity (Wildman–Crippen MR) is 122 cm³/mol. The van der Waals surface area contributed by atoms with Crippen LogP contribution in [-0.4, -0.2) is 36.3 Å². The highest BCUT2D eigenvalue weighted by Crippen LogP contribution is 2.27. The Hall–Kier alpha value is -2.54. The Morgan fingerprint density at radius 1 is 0.688 bits per heavy atom. The molecule has 0 amide bonds. The van der Waals surface area contributed by atoms with Crippen LogP contribution in [0.3, 0.4) is 0 Å². The lowest BCUT2D eigenvalue weighted by Crippen LogP contribution is -2.52. The molecule has 4 atom stereocenters. The van der Waals surface area contributed by atoms with Crippen LogP contribution in [0.1, 0.15) is 23.1 Å². The Kier molecular flexibility index (Phi) is 8.42. The van der Waals surface area contributed by atoms with Crippen molar-refractivity contribution in [1.82, 2.24) is 0 Å². The highest BCUT2D eigenvalue weighted by molar-refractivity contribution is 5.15. The standard InChI is InChI=1S/C27H30O5/c28-26-16-24(30-18-22-12-6-2-7-13-22)27(31-19-23-14-8-3-9-15-23)25(32-26)20-29-17-21-10-4-1-5-11-21/h1-15,24-28H,16-20H2/t24?,25?,26-,27+/m1/s1. The Balaban J connectivity index is 1.42. The molecule has 5 heteroatoms. The molecule has 0 saturated carbocycles. The van der Waals surface area contributed by atoms with E-state index in [1.807, 2.05) is 91.0 Å². The van der Waals surface area contributed by atoms with Crippen molar-refractivity contribution < 1.29 is 24.1 Å². The van der Waals surface area contributed by atoms with Gasteiger partial charge < -0.3 is 24.1 Å². The molecule has 0 aliphatic carbocycles. The van der Waals surface area contributed by atoms with Crippen LogP contribution < -0.4 is 0 Å². The van der Waals surface area contributed by atoms with Crippen molar-refractivity contribution in [1.29, 1.82) is 0 Å². The lowest BCUT2D eigenvalue weighted by molar-refractivity contribution is -0.265. The van der Waals surface area contributed by atoms with E-state index in [4.69, 9.17) is 18.9 Å². The maximum atomic E-state index is 10.4. The number of hydrogen-bond acceptors (Lipinski definition) is 5. The molecule has 1 saturated heterocycles. The lowest BCUT2D eigenvalue weighted by Gasteiger charge is -2.39. The summed E-state index contributed by atoms with van der Waals surface area (Å²) in [6, 6.07) is 30.0. The molecule has 5 nitrogen and oxygen atoms in total. The summed E-state index contributed by atoms with van der Waals surface area (Å²) in [4.78, 5) is 0. The number of aliphatic hydroxyl groups is 1. The Labute approximate surface area is 189 Å². The first-order valence-corrected chi connectivity index (χ1v) is 11.0. The van der Waals surface area contributed by atoms with Crippen molar-refractivity contribution in [2.24, 2.45) is 0 Å². The molecule has 3 aromatic carbocycles. The Morgan fingerprint density at radius 2 is 1.19 bits per heavy atom. The van der Waals surface area contributed by atoms with Crippen LogP contribution in [0.25, 0.3) is 0 Å². The van der Waals surface area contributed by atoms with Crippen LogP contribution in [0, 0.1) is 0 Å². The van der Waals surface area contributed by atoms with Crippen molar-refractivity contribution in [2.75, 3.05) is 6.61 Å². The molecule has 3 aromatic rings. The van der Waals surface area contributed by atoms with Gasteiger partial charge in [-0.3, -0.25) is 0 Å². The van der Waals surface area contributed by atoms with E-state index >= 15 is 0 Å². The van der Waals surface area contributed by atoms with E-state index in [0.29, 0.717) is 32.8 Å². The van der Waals surface area contributed by atoms with Gasteiger partial charge in [0.25, 0.3) is 0 Å². The van der Waals surface area contributed by atoms with Gasteiger partial charge in [0.15, 0.2) is 6.29 Å². The van der Waals surface area contributed by atoms with Gasteiger partial charge in [0, 0.05) is 6.42 Å². The monoisotopic (exact) mass is 434 g/mol. The predicted octanol–water partition coefficient (Wildman–Crippen LogP) is 4.48. The fourth-order valence-corrected chi connectivity index (χ4v) is 3.83. The van der Waals surface area contributed by atoms with Gasteiger partial charge in [0.05, 0.1) is 32.5 Å². The second-order valence-corrected chi connectivity index (χ2v) is 7.96. The molecule has 168 valence electrons. The van der Waals surface area contributed by atoms with E-state index in [9.17, 15) is 5.11 Å². The summed E-state index contributed by atoms with van der Waals surface area (Å²) in [6.45, 7) is 1.65. The van der Waals surface area contributed by atoms with Crippen LogP contribution in [-0.2, 0) is 38.8 Å². The molecule has 4 rings (SSSR count). The molecule has 1 heterocycles. The average molecular weight is 435 g/mol. The molecule has 1 N–H and O–H groups in total. The van der Waals surface area contributed by atoms with Gasteiger partial charge >= 0.3 is 0 Å². The molecule has 0 spiro atoms. The van der Waals surface area contributed by atoms with E-state index < -0.39 is 12.4 Å². The summed E-state index contributed by atoms with van der Waals surface area (Å²) in [5.74, 6) is 0. The van der Waals surface area contributed by atoms with Gasteiger partial charge in [0.1, 0.15) is 12.2 Å². The summed E-state index contributed by atoms with van der Waals surface area (Å²) in [6.07, 6.45) is -1.68. The first kappa shape index (κ1) is 22.6. The van der Waals surface area contributed by atoms with Crippen LogP contribution in [0.5, 0.6) is 0 Å². The zero-order valence-electron chi connectivity index (χ0n) is 18.1. The normalized spacial score (nSPS) is 23.2. The fraction of sp³-hybridized carbons (Fsp3) is 0.333. The van der Waals surface area contributed by atoms with Crippen molar-refractivity contribution in [3.8, 4) is 0 Å². The highest BCUT2D eigenvalue weighted by atomic mass is 16.6. The van der Waals surface area contributed by atoms with Crippen LogP contribution >= 0.6 is 0 Å². The molecule has 1 aliphatic heterocycles. The number of hydrogen-bond donors (Lipinski definition) is 1. The lowest BCUT2D eigenvalue weighted by atomic mass is 10.0. The third-order valence-corrected chi connectivity index (χ3v) is 5.48. The topological polar surface area (TPSA) is 57.2 Å². The number of aliphatic hydroxyl groups excluding tert-OH is 1. The molecule has 32 heavy (non-hydrogen) atoms. The quantitative estimate of drug-likeness (QED) is 0.510. The van der Waals surface area contributed by atoms with Crippen LogP contribution in [0.4, 0.5) is 0 Å². The summed E-state index contributed by atoms with van der Waals surface area (Å²) >= 11 is 0. The molecule has 2 unspecified atom stereocenters. The second kappa shape index (κ2) is 11.9. The van der Waals surface area contributed by atoms with Gasteiger partial charge in [0.2, 0.25) is 0 Å². The molecule has 1 aliphatic rings. The van der Waals surface area contributed by atoms with Crippen molar-refractivity contribution in [3.05, 3.63) is 108 Å². The minimum absolute atomic E-state index is 0.302. The molecular weight excluding hydrogens is 404 g/mol. The van der Waals surface area contributed by atoms with Gasteiger partial charge in [-0.2, -0.15) is 0 Å². The highest BCUT2D eigenvalue weighted by Gasteiger charge is 2.40.